The summed E-state index contributed by atoms with van der Waals surface area (Å²) in [7, 11) is 0. The third-order valence-electron chi connectivity index (χ3n) is 4.09. The van der Waals surface area contributed by atoms with Gasteiger partial charge in [0.15, 0.2) is 0 Å². The number of hydrogen-bond donors (Lipinski definition) is 1. The molecule has 0 fully saturated rings. The van der Waals surface area contributed by atoms with E-state index in [1.165, 1.54) is 11.1 Å². The van der Waals surface area contributed by atoms with Gasteiger partial charge in [-0.05, 0) is 50.0 Å². The highest BCUT2D eigenvalue weighted by atomic mass is 79.9. The second-order valence-corrected chi connectivity index (χ2v) is 6.97. The number of benzene rings is 1. The number of ether oxygens (including phenoxy) is 1. The predicted octanol–water partition coefficient (Wildman–Crippen LogP) is 6.02. The van der Waals surface area contributed by atoms with Gasteiger partial charge in [-0.25, -0.2) is 0 Å². The first kappa shape index (κ1) is 18.0. The molecule has 0 aromatic heterocycles. The third-order valence-corrected chi connectivity index (χ3v) is 4.58. The van der Waals surface area contributed by atoms with Crippen LogP contribution in [0.5, 0.6) is 5.75 Å². The van der Waals surface area contributed by atoms with E-state index in [0.717, 1.165) is 41.3 Å². The van der Waals surface area contributed by atoms with Gasteiger partial charge in [-0.2, -0.15) is 0 Å². The normalized spacial score (nSPS) is 18.1. The van der Waals surface area contributed by atoms with Crippen LogP contribution in [0.25, 0.3) is 6.08 Å². The van der Waals surface area contributed by atoms with Crippen molar-refractivity contribution in [3.8, 4) is 5.75 Å². The molecule has 1 aliphatic heterocycles. The first-order valence-electron chi connectivity index (χ1n) is 8.16. The van der Waals surface area contributed by atoms with Gasteiger partial charge in [0.05, 0.1) is 12.7 Å². The van der Waals surface area contributed by atoms with Gasteiger partial charge in [0.1, 0.15) is 5.75 Å². The van der Waals surface area contributed by atoms with Crippen LogP contribution in [0.2, 0.25) is 0 Å². The Balaban J connectivity index is 2.10. The summed E-state index contributed by atoms with van der Waals surface area (Å²) < 4.78 is 6.79. The second-order valence-electron chi connectivity index (χ2n) is 6.06. The zero-order valence-electron chi connectivity index (χ0n) is 13.9. The van der Waals surface area contributed by atoms with Crippen LogP contribution in [0.1, 0.15) is 45.1 Å². The number of phenols is 1. The Hall–Kier alpha value is -1.32. The zero-order chi connectivity index (χ0) is 16.8. The quantitative estimate of drug-likeness (QED) is 0.630. The maximum Gasteiger partial charge on any atom is 0.122 e. The van der Waals surface area contributed by atoms with Crippen LogP contribution in [0.4, 0.5) is 0 Å². The molecule has 0 radical (unpaired) electrons. The number of allylic oxidation sites excluding steroid dienone is 1. The van der Waals surface area contributed by atoms with Crippen LogP contribution in [0, 0.1) is 0 Å². The summed E-state index contributed by atoms with van der Waals surface area (Å²) in [5.41, 5.74) is 4.55. The van der Waals surface area contributed by atoms with Crippen molar-refractivity contribution in [2.75, 3.05) is 6.61 Å². The summed E-state index contributed by atoms with van der Waals surface area (Å²) in [6.45, 7) is 8.94. The van der Waals surface area contributed by atoms with Crippen molar-refractivity contribution in [3.05, 3.63) is 57.6 Å². The van der Waals surface area contributed by atoms with E-state index >= 15 is 0 Å². The lowest BCUT2D eigenvalue weighted by Gasteiger charge is -2.16. The molecule has 0 spiro atoms. The van der Waals surface area contributed by atoms with E-state index in [-0.39, 0.29) is 6.10 Å². The fraction of sp³-hybridized carbons (Fsp3) is 0.400. The molecule has 2 nitrogen and oxygen atoms in total. The topological polar surface area (TPSA) is 29.5 Å². The van der Waals surface area contributed by atoms with E-state index < -0.39 is 0 Å². The molecule has 0 amide bonds. The molecule has 124 valence electrons. The Bertz CT molecular complexity index is 629. The van der Waals surface area contributed by atoms with Crippen molar-refractivity contribution in [1.29, 1.82) is 0 Å². The van der Waals surface area contributed by atoms with E-state index in [9.17, 15) is 5.11 Å². The standard InChI is InChI=1S/C20H25BrO2/c1-4-5-15(12-16-13-17(21)7-8-19(16)22)6-9-20-18(14(2)3)10-11-23-20/h7-8,10,12-13,20,22H,2,4-6,9,11H2,1,3H3/b15-12+. The predicted molar refractivity (Wildman–Crippen MR) is 101 cm³/mol. The lowest BCUT2D eigenvalue weighted by molar-refractivity contribution is 0.116. The van der Waals surface area contributed by atoms with Crippen LogP contribution in [-0.2, 0) is 4.74 Å². The van der Waals surface area contributed by atoms with Gasteiger partial charge in [-0.15, -0.1) is 0 Å². The van der Waals surface area contributed by atoms with Crippen LogP contribution < -0.4 is 0 Å². The Morgan fingerprint density at radius 1 is 1.43 bits per heavy atom. The van der Waals surface area contributed by atoms with Crippen LogP contribution in [0.15, 0.2) is 52.0 Å². The lowest BCUT2D eigenvalue weighted by atomic mass is 9.95. The molecule has 2 rings (SSSR count). The van der Waals surface area contributed by atoms with E-state index in [2.05, 4.69) is 41.6 Å². The molecule has 1 aromatic rings. The molecule has 1 unspecified atom stereocenters. The first-order valence-corrected chi connectivity index (χ1v) is 8.96. The van der Waals surface area contributed by atoms with Crippen LogP contribution in [-0.4, -0.2) is 17.8 Å². The molecule has 3 heteroatoms. The number of halogens is 1. The summed E-state index contributed by atoms with van der Waals surface area (Å²) in [5, 5.41) is 10.0. The summed E-state index contributed by atoms with van der Waals surface area (Å²) in [4.78, 5) is 0. The Kier molecular flexibility index (Phi) is 6.67. The fourth-order valence-corrected chi connectivity index (χ4v) is 3.31. The summed E-state index contributed by atoms with van der Waals surface area (Å²) in [5.74, 6) is 0.321. The second kappa shape index (κ2) is 8.51. The minimum Gasteiger partial charge on any atom is -0.507 e. The van der Waals surface area contributed by atoms with Crippen molar-refractivity contribution in [3.63, 3.8) is 0 Å². The minimum atomic E-state index is 0.156. The number of phenolic OH excluding ortho intramolecular Hbond substituents is 1. The summed E-state index contributed by atoms with van der Waals surface area (Å²) in [6, 6.07) is 5.53. The molecule has 1 N–H and O–H groups in total. The first-order chi connectivity index (χ1) is 11.0. The van der Waals surface area contributed by atoms with Gasteiger partial charge in [-0.1, -0.05) is 59.2 Å². The molecule has 1 aromatic carbocycles. The maximum absolute atomic E-state index is 10.0. The van der Waals surface area contributed by atoms with E-state index in [4.69, 9.17) is 4.74 Å². The number of hydrogen-bond acceptors (Lipinski definition) is 2. The van der Waals surface area contributed by atoms with Crippen molar-refractivity contribution in [2.45, 2.75) is 45.6 Å². The molecule has 0 bridgehead atoms. The van der Waals surface area contributed by atoms with E-state index in [1.807, 2.05) is 19.1 Å². The van der Waals surface area contributed by atoms with Crippen LogP contribution >= 0.6 is 15.9 Å². The molecule has 0 saturated heterocycles. The highest BCUT2D eigenvalue weighted by Gasteiger charge is 2.20. The van der Waals surface area contributed by atoms with Gasteiger partial charge in [-0.3, -0.25) is 0 Å². The van der Waals surface area contributed by atoms with Gasteiger partial charge >= 0.3 is 0 Å². The van der Waals surface area contributed by atoms with Gasteiger partial charge in [0.25, 0.3) is 0 Å². The molecular formula is C20H25BrO2. The fourth-order valence-electron chi connectivity index (χ4n) is 2.93. The Labute approximate surface area is 147 Å². The highest BCUT2D eigenvalue weighted by molar-refractivity contribution is 9.10. The van der Waals surface area contributed by atoms with E-state index in [1.54, 1.807) is 6.07 Å². The van der Waals surface area contributed by atoms with Crippen molar-refractivity contribution >= 4 is 22.0 Å². The molecule has 1 aliphatic rings. The van der Waals surface area contributed by atoms with Crippen molar-refractivity contribution in [2.24, 2.45) is 0 Å². The van der Waals surface area contributed by atoms with Gasteiger partial charge in [0.2, 0.25) is 0 Å². The third kappa shape index (κ3) is 5.08. The molecule has 0 saturated carbocycles. The smallest absolute Gasteiger partial charge is 0.122 e. The van der Waals surface area contributed by atoms with E-state index in [0.29, 0.717) is 12.4 Å². The van der Waals surface area contributed by atoms with Gasteiger partial charge < -0.3 is 9.84 Å². The molecular weight excluding hydrogens is 352 g/mol. The molecule has 0 aliphatic carbocycles. The van der Waals surface area contributed by atoms with Crippen LogP contribution in [0.3, 0.4) is 0 Å². The van der Waals surface area contributed by atoms with Crippen molar-refractivity contribution < 1.29 is 9.84 Å². The molecule has 1 heterocycles. The summed E-state index contributed by atoms with van der Waals surface area (Å²) in [6.07, 6.45) is 8.46. The molecule has 23 heavy (non-hydrogen) atoms. The monoisotopic (exact) mass is 376 g/mol. The highest BCUT2D eigenvalue weighted by Crippen LogP contribution is 2.29. The number of aromatic hydroxyl groups is 1. The lowest BCUT2D eigenvalue weighted by Crippen LogP contribution is -2.11. The average molecular weight is 377 g/mol. The SMILES string of the molecule is C=C(C)C1=CCOC1CC/C(=C/c1cc(Br)ccc1O)CCC. The largest absolute Gasteiger partial charge is 0.507 e. The zero-order valence-corrected chi connectivity index (χ0v) is 15.5. The maximum atomic E-state index is 10.0. The Morgan fingerprint density at radius 2 is 2.22 bits per heavy atom. The van der Waals surface area contributed by atoms with Gasteiger partial charge in [0, 0.05) is 10.0 Å². The molecule has 1 atom stereocenters. The van der Waals surface area contributed by atoms with Crippen molar-refractivity contribution in [1.82, 2.24) is 0 Å². The minimum absolute atomic E-state index is 0.156. The number of rotatable bonds is 7. The summed E-state index contributed by atoms with van der Waals surface area (Å²) >= 11 is 3.46. The average Bonchev–Trinajstić information content (AvgIpc) is 2.97. The Morgan fingerprint density at radius 3 is 2.91 bits per heavy atom.